The Hall–Kier alpha value is 0.860. The van der Waals surface area contributed by atoms with Crippen LogP contribution < -0.4 is 0 Å². The summed E-state index contributed by atoms with van der Waals surface area (Å²) >= 11 is 0. The van der Waals surface area contributed by atoms with E-state index in [0.717, 1.165) is 0 Å². The lowest BCUT2D eigenvalue weighted by Crippen LogP contribution is -2.11. The highest BCUT2D eigenvalue weighted by molar-refractivity contribution is 7.62. The summed E-state index contributed by atoms with van der Waals surface area (Å²) in [6, 6.07) is 0. The first-order valence-corrected chi connectivity index (χ1v) is 12.9. The molecule has 0 heterocycles. The van der Waals surface area contributed by atoms with E-state index in [2.05, 4.69) is 13.8 Å². The standard InChI is InChI=1S/C18H36P2/c1-3-13-19(17-9-5-6-10-17)15-16-20(14-4-2)18-11-7-8-12-18/h17-18H,3-16H2,1-2H3. The second kappa shape index (κ2) is 9.79. The Kier molecular flexibility index (Phi) is 8.43. The normalized spacial score (nSPS) is 24.3. The van der Waals surface area contributed by atoms with Crippen LogP contribution >= 0.6 is 15.8 Å². The molecule has 0 spiro atoms. The predicted octanol–water partition coefficient (Wildman–Crippen LogP) is 6.66. The lowest BCUT2D eigenvalue weighted by molar-refractivity contribution is 0.872. The number of rotatable bonds is 9. The van der Waals surface area contributed by atoms with Gasteiger partial charge in [0.2, 0.25) is 0 Å². The monoisotopic (exact) mass is 314 g/mol. The minimum atomic E-state index is 0.397. The lowest BCUT2D eigenvalue weighted by atomic mass is 10.4. The molecule has 2 atom stereocenters. The van der Waals surface area contributed by atoms with Gasteiger partial charge in [0.15, 0.2) is 0 Å². The molecule has 2 aliphatic carbocycles. The molecule has 2 saturated carbocycles. The second-order valence-corrected chi connectivity index (χ2v) is 12.6. The van der Waals surface area contributed by atoms with Crippen molar-refractivity contribution in [3.8, 4) is 0 Å². The summed E-state index contributed by atoms with van der Waals surface area (Å²) in [5.41, 5.74) is 2.35. The summed E-state index contributed by atoms with van der Waals surface area (Å²) in [6.07, 6.45) is 21.8. The van der Waals surface area contributed by atoms with Crippen molar-refractivity contribution in [2.75, 3.05) is 24.6 Å². The van der Waals surface area contributed by atoms with Crippen molar-refractivity contribution in [3.05, 3.63) is 0 Å². The topological polar surface area (TPSA) is 0 Å². The van der Waals surface area contributed by atoms with Gasteiger partial charge in [-0.2, -0.15) is 0 Å². The van der Waals surface area contributed by atoms with E-state index >= 15 is 0 Å². The first kappa shape index (κ1) is 17.2. The highest BCUT2D eigenvalue weighted by Gasteiger charge is 2.27. The minimum absolute atomic E-state index is 0.397. The van der Waals surface area contributed by atoms with E-state index in [1.165, 1.54) is 24.2 Å². The van der Waals surface area contributed by atoms with Gasteiger partial charge in [-0.25, -0.2) is 0 Å². The molecule has 20 heavy (non-hydrogen) atoms. The highest BCUT2D eigenvalue weighted by atomic mass is 31.1. The van der Waals surface area contributed by atoms with Crippen LogP contribution in [0.1, 0.15) is 78.1 Å². The first-order chi connectivity index (χ1) is 9.85. The van der Waals surface area contributed by atoms with Gasteiger partial charge in [-0.3, -0.25) is 0 Å². The molecule has 2 heteroatoms. The molecule has 0 radical (unpaired) electrons. The van der Waals surface area contributed by atoms with Gasteiger partial charge >= 0.3 is 0 Å². The molecule has 0 N–H and O–H groups in total. The van der Waals surface area contributed by atoms with E-state index in [0.29, 0.717) is 15.8 Å². The molecular formula is C18H36P2. The van der Waals surface area contributed by atoms with Gasteiger partial charge in [0.25, 0.3) is 0 Å². The van der Waals surface area contributed by atoms with Gasteiger partial charge in [-0.05, 0) is 61.6 Å². The van der Waals surface area contributed by atoms with E-state index in [1.807, 2.05) is 0 Å². The van der Waals surface area contributed by atoms with Crippen LogP contribution in [0.5, 0.6) is 0 Å². The molecule has 2 fully saturated rings. The fourth-order valence-corrected chi connectivity index (χ4v) is 11.6. The maximum absolute atomic E-state index is 2.41. The van der Waals surface area contributed by atoms with E-state index in [9.17, 15) is 0 Å². The lowest BCUT2D eigenvalue weighted by Gasteiger charge is -2.29. The highest BCUT2D eigenvalue weighted by Crippen LogP contribution is 2.55. The predicted molar refractivity (Wildman–Crippen MR) is 98.4 cm³/mol. The summed E-state index contributed by atoms with van der Waals surface area (Å²) < 4.78 is 0. The molecule has 0 aliphatic heterocycles. The molecule has 0 nitrogen and oxygen atoms in total. The third-order valence-corrected chi connectivity index (χ3v) is 12.5. The Balaban J connectivity index is 1.81. The summed E-state index contributed by atoms with van der Waals surface area (Å²) in [5.74, 6) is 0. The van der Waals surface area contributed by atoms with Crippen molar-refractivity contribution in [2.24, 2.45) is 0 Å². The Morgan fingerprint density at radius 1 is 0.600 bits per heavy atom. The Labute approximate surface area is 130 Å². The molecule has 0 amide bonds. The van der Waals surface area contributed by atoms with Crippen molar-refractivity contribution in [1.82, 2.24) is 0 Å². The van der Waals surface area contributed by atoms with Gasteiger partial charge in [-0.1, -0.05) is 52.4 Å². The fraction of sp³-hybridized carbons (Fsp3) is 1.00. The smallest absolute Gasteiger partial charge is 0.0209 e. The van der Waals surface area contributed by atoms with Crippen molar-refractivity contribution in [3.63, 3.8) is 0 Å². The van der Waals surface area contributed by atoms with Crippen LogP contribution in [0.2, 0.25) is 0 Å². The molecular weight excluding hydrogens is 278 g/mol. The van der Waals surface area contributed by atoms with Crippen molar-refractivity contribution in [1.29, 1.82) is 0 Å². The summed E-state index contributed by atoms with van der Waals surface area (Å²) in [4.78, 5) is 0. The van der Waals surface area contributed by atoms with E-state index in [1.54, 1.807) is 76.0 Å². The van der Waals surface area contributed by atoms with Gasteiger partial charge in [0, 0.05) is 0 Å². The third kappa shape index (κ3) is 5.25. The second-order valence-electron chi connectivity index (χ2n) is 6.95. The molecule has 0 aromatic heterocycles. The zero-order chi connectivity index (χ0) is 14.2. The fourth-order valence-electron chi connectivity index (χ4n) is 4.32. The Morgan fingerprint density at radius 2 is 0.950 bits per heavy atom. The molecule has 2 rings (SSSR count). The van der Waals surface area contributed by atoms with E-state index in [-0.39, 0.29) is 0 Å². The van der Waals surface area contributed by atoms with Gasteiger partial charge in [0.1, 0.15) is 0 Å². The summed E-state index contributed by atoms with van der Waals surface area (Å²) in [5, 5.41) is 0. The van der Waals surface area contributed by atoms with E-state index < -0.39 is 0 Å². The average molecular weight is 314 g/mol. The quantitative estimate of drug-likeness (QED) is 0.418. The molecule has 0 bridgehead atoms. The Morgan fingerprint density at radius 3 is 1.25 bits per heavy atom. The largest absolute Gasteiger partial charge is 0.103 e. The van der Waals surface area contributed by atoms with Crippen molar-refractivity contribution in [2.45, 2.75) is 89.4 Å². The van der Waals surface area contributed by atoms with Crippen LogP contribution in [0.3, 0.4) is 0 Å². The van der Waals surface area contributed by atoms with Crippen LogP contribution in [0, 0.1) is 0 Å². The van der Waals surface area contributed by atoms with E-state index in [4.69, 9.17) is 0 Å². The third-order valence-electron chi connectivity index (χ3n) is 5.38. The maximum atomic E-state index is 2.41. The first-order valence-electron chi connectivity index (χ1n) is 9.33. The maximum Gasteiger partial charge on any atom is -0.0209 e. The van der Waals surface area contributed by atoms with Crippen molar-refractivity contribution < 1.29 is 0 Å². The molecule has 2 aliphatic rings. The van der Waals surface area contributed by atoms with Crippen LogP contribution in [0.15, 0.2) is 0 Å². The van der Waals surface area contributed by atoms with Crippen LogP contribution in [-0.2, 0) is 0 Å². The zero-order valence-corrected chi connectivity index (χ0v) is 15.7. The molecule has 0 saturated heterocycles. The van der Waals surface area contributed by atoms with Crippen molar-refractivity contribution >= 4 is 15.8 Å². The van der Waals surface area contributed by atoms with Crippen LogP contribution in [-0.4, -0.2) is 36.0 Å². The average Bonchev–Trinajstić information content (AvgIpc) is 3.14. The van der Waals surface area contributed by atoms with Crippen LogP contribution in [0.4, 0.5) is 0 Å². The molecule has 2 unspecified atom stereocenters. The van der Waals surface area contributed by atoms with Crippen LogP contribution in [0.25, 0.3) is 0 Å². The molecule has 0 aromatic carbocycles. The van der Waals surface area contributed by atoms with Gasteiger partial charge < -0.3 is 0 Å². The molecule has 0 aromatic rings. The van der Waals surface area contributed by atoms with Gasteiger partial charge in [0.05, 0.1) is 0 Å². The SMILES string of the molecule is CCCP(CCP(CCC)C1CCCC1)C1CCCC1. The zero-order valence-electron chi connectivity index (χ0n) is 13.9. The minimum Gasteiger partial charge on any atom is -0.103 e. The molecule has 118 valence electrons. The Bertz CT molecular complexity index is 216. The summed E-state index contributed by atoms with van der Waals surface area (Å²) in [7, 11) is 0.793. The summed E-state index contributed by atoms with van der Waals surface area (Å²) in [6.45, 7) is 4.83. The van der Waals surface area contributed by atoms with Gasteiger partial charge in [-0.15, -0.1) is 15.8 Å². The number of hydrogen-bond donors (Lipinski definition) is 0. The number of hydrogen-bond acceptors (Lipinski definition) is 0.